The molecule has 0 saturated heterocycles. The van der Waals surface area contributed by atoms with Crippen LogP contribution in [0.2, 0.25) is 0 Å². The van der Waals surface area contributed by atoms with E-state index in [2.05, 4.69) is 0 Å². The second-order valence-electron chi connectivity index (χ2n) is 1.07. The van der Waals surface area contributed by atoms with Gasteiger partial charge in [-0.1, -0.05) is 0 Å². The lowest BCUT2D eigenvalue weighted by Gasteiger charge is -1.78. The maximum absolute atomic E-state index is 11.3. The van der Waals surface area contributed by atoms with Gasteiger partial charge in [0, 0.05) is 0 Å². The standard InChI is InChI=1S/C4H6F2/c1-3(5)4(2)6/h1-2H3. The van der Waals surface area contributed by atoms with Crippen LogP contribution >= 0.6 is 0 Å². The first-order chi connectivity index (χ1) is 2.64. The topological polar surface area (TPSA) is 0 Å². The molecule has 0 aliphatic rings. The van der Waals surface area contributed by atoms with Gasteiger partial charge in [0.05, 0.1) is 0 Å². The predicted octanol–water partition coefficient (Wildman–Crippen LogP) is 2.18. The van der Waals surface area contributed by atoms with Crippen molar-refractivity contribution in [2.24, 2.45) is 0 Å². The quantitative estimate of drug-likeness (QED) is 0.429. The summed E-state index contributed by atoms with van der Waals surface area (Å²) in [5.74, 6) is -1.48. The first-order valence-corrected chi connectivity index (χ1v) is 1.63. The second-order valence-corrected chi connectivity index (χ2v) is 1.07. The number of hydrogen-bond acceptors (Lipinski definition) is 0. The molecule has 2 heteroatoms. The minimum Gasteiger partial charge on any atom is -0.209 e. The molecule has 36 valence electrons. The SMILES string of the molecule is CC(F)=C(C)F. The third-order valence-electron chi connectivity index (χ3n) is 0.475. The highest BCUT2D eigenvalue weighted by molar-refractivity contribution is 4.90. The zero-order valence-corrected chi connectivity index (χ0v) is 3.76. The molecule has 0 spiro atoms. The molecule has 0 N–H and O–H groups in total. The van der Waals surface area contributed by atoms with E-state index in [0.717, 1.165) is 13.8 Å². The zero-order valence-electron chi connectivity index (χ0n) is 3.76. The van der Waals surface area contributed by atoms with E-state index >= 15 is 0 Å². The highest BCUT2D eigenvalue weighted by Crippen LogP contribution is 2.02. The average molecular weight is 92.1 g/mol. The molecule has 0 aromatic heterocycles. The number of hydrogen-bond donors (Lipinski definition) is 0. The maximum atomic E-state index is 11.3. The predicted molar refractivity (Wildman–Crippen MR) is 20.6 cm³/mol. The van der Waals surface area contributed by atoms with Gasteiger partial charge in [0.2, 0.25) is 0 Å². The Kier molecular flexibility index (Phi) is 1.77. The van der Waals surface area contributed by atoms with Gasteiger partial charge in [0.25, 0.3) is 0 Å². The molecule has 0 nitrogen and oxygen atoms in total. The zero-order chi connectivity index (χ0) is 5.15. The van der Waals surface area contributed by atoms with Crippen LogP contribution in [0.25, 0.3) is 0 Å². The lowest BCUT2D eigenvalue weighted by atomic mass is 10.5. The summed E-state index contributed by atoms with van der Waals surface area (Å²) >= 11 is 0. The molecule has 0 rings (SSSR count). The van der Waals surface area contributed by atoms with Crippen molar-refractivity contribution in [3.63, 3.8) is 0 Å². The molecule has 0 fully saturated rings. The summed E-state index contributed by atoms with van der Waals surface area (Å²) in [7, 11) is 0. The number of allylic oxidation sites excluding steroid dienone is 2. The van der Waals surface area contributed by atoms with Crippen LogP contribution in [0.3, 0.4) is 0 Å². The van der Waals surface area contributed by atoms with Crippen molar-refractivity contribution >= 4 is 0 Å². The lowest BCUT2D eigenvalue weighted by molar-refractivity contribution is 0.539. The van der Waals surface area contributed by atoms with Crippen LogP contribution in [0.15, 0.2) is 11.7 Å². The van der Waals surface area contributed by atoms with Crippen molar-refractivity contribution in [2.75, 3.05) is 0 Å². The van der Waals surface area contributed by atoms with Crippen LogP contribution in [0.1, 0.15) is 13.8 Å². The summed E-state index contributed by atoms with van der Waals surface area (Å²) in [6.07, 6.45) is 0. The van der Waals surface area contributed by atoms with Crippen LogP contribution in [0.4, 0.5) is 8.78 Å². The van der Waals surface area contributed by atoms with Crippen LogP contribution in [-0.2, 0) is 0 Å². The second kappa shape index (κ2) is 1.90. The lowest BCUT2D eigenvalue weighted by Crippen LogP contribution is -1.61. The van der Waals surface area contributed by atoms with Crippen LogP contribution in [-0.4, -0.2) is 0 Å². The third kappa shape index (κ3) is 1.88. The molecule has 0 unspecified atom stereocenters. The van der Waals surface area contributed by atoms with Crippen molar-refractivity contribution in [1.82, 2.24) is 0 Å². The third-order valence-corrected chi connectivity index (χ3v) is 0.475. The summed E-state index contributed by atoms with van der Waals surface area (Å²) in [6.45, 7) is 2.16. The minimum absolute atomic E-state index is 0.741. The van der Waals surface area contributed by atoms with Gasteiger partial charge in [-0.25, -0.2) is 8.78 Å². The summed E-state index contributed by atoms with van der Waals surface area (Å²) in [6, 6.07) is 0. The molecule has 0 aromatic carbocycles. The average Bonchev–Trinajstić information content (AvgIpc) is 1.36. The molecule has 0 aromatic rings. The smallest absolute Gasteiger partial charge is 0.128 e. The van der Waals surface area contributed by atoms with E-state index in [1.807, 2.05) is 0 Å². The fourth-order valence-electron chi connectivity index (χ4n) is 0. The van der Waals surface area contributed by atoms with Crippen LogP contribution in [0, 0.1) is 0 Å². The van der Waals surface area contributed by atoms with Gasteiger partial charge in [-0.05, 0) is 13.8 Å². The monoisotopic (exact) mass is 92.0 g/mol. The Morgan fingerprint density at radius 2 is 1.17 bits per heavy atom. The van der Waals surface area contributed by atoms with E-state index in [1.165, 1.54) is 0 Å². The molecule has 0 saturated carbocycles. The minimum atomic E-state index is -0.741. The van der Waals surface area contributed by atoms with E-state index in [1.54, 1.807) is 0 Å². The fourth-order valence-corrected chi connectivity index (χ4v) is 0. The van der Waals surface area contributed by atoms with E-state index < -0.39 is 11.7 Å². The molecule has 0 amide bonds. The Morgan fingerprint density at radius 1 is 1.00 bits per heavy atom. The number of rotatable bonds is 0. The number of halogens is 2. The van der Waals surface area contributed by atoms with Gasteiger partial charge < -0.3 is 0 Å². The van der Waals surface area contributed by atoms with Crippen molar-refractivity contribution in [3.8, 4) is 0 Å². The molecule has 0 aliphatic carbocycles. The normalized spacial score (nSPS) is 14.0. The largest absolute Gasteiger partial charge is 0.209 e. The summed E-state index contributed by atoms with van der Waals surface area (Å²) in [5.41, 5.74) is 0. The van der Waals surface area contributed by atoms with Gasteiger partial charge in [-0.2, -0.15) is 0 Å². The molecular weight excluding hydrogens is 86.0 g/mol. The van der Waals surface area contributed by atoms with Gasteiger partial charge in [0.1, 0.15) is 11.7 Å². The Labute approximate surface area is 35.5 Å². The highest BCUT2D eigenvalue weighted by Gasteiger charge is 1.86. The van der Waals surface area contributed by atoms with Gasteiger partial charge >= 0.3 is 0 Å². The van der Waals surface area contributed by atoms with E-state index in [-0.39, 0.29) is 0 Å². The van der Waals surface area contributed by atoms with E-state index in [0.29, 0.717) is 0 Å². The maximum Gasteiger partial charge on any atom is 0.128 e. The van der Waals surface area contributed by atoms with Crippen molar-refractivity contribution in [3.05, 3.63) is 11.7 Å². The molecular formula is C4H6F2. The van der Waals surface area contributed by atoms with Gasteiger partial charge in [0.15, 0.2) is 0 Å². The Hall–Kier alpha value is -0.400. The van der Waals surface area contributed by atoms with Gasteiger partial charge in [-0.15, -0.1) is 0 Å². The van der Waals surface area contributed by atoms with Crippen LogP contribution < -0.4 is 0 Å². The van der Waals surface area contributed by atoms with Crippen LogP contribution in [0.5, 0.6) is 0 Å². The van der Waals surface area contributed by atoms with Crippen molar-refractivity contribution in [2.45, 2.75) is 13.8 Å². The van der Waals surface area contributed by atoms with Crippen molar-refractivity contribution in [1.29, 1.82) is 0 Å². The first kappa shape index (κ1) is 5.60. The molecule has 0 aliphatic heterocycles. The van der Waals surface area contributed by atoms with E-state index in [4.69, 9.17) is 0 Å². The summed E-state index contributed by atoms with van der Waals surface area (Å²) in [5, 5.41) is 0. The Morgan fingerprint density at radius 3 is 1.17 bits per heavy atom. The molecule has 0 bridgehead atoms. The summed E-state index contributed by atoms with van der Waals surface area (Å²) in [4.78, 5) is 0. The first-order valence-electron chi connectivity index (χ1n) is 1.63. The Bertz CT molecular complexity index is 55.6. The van der Waals surface area contributed by atoms with Crippen molar-refractivity contribution < 1.29 is 8.78 Å². The molecule has 0 radical (unpaired) electrons. The molecule has 0 heterocycles. The fraction of sp³-hybridized carbons (Fsp3) is 0.500. The van der Waals surface area contributed by atoms with Gasteiger partial charge in [-0.3, -0.25) is 0 Å². The Balaban J connectivity index is 3.68. The highest BCUT2D eigenvalue weighted by atomic mass is 19.2. The molecule has 0 atom stereocenters. The van der Waals surface area contributed by atoms with E-state index in [9.17, 15) is 8.78 Å². The summed E-state index contributed by atoms with van der Waals surface area (Å²) < 4.78 is 22.7. The molecule has 6 heavy (non-hydrogen) atoms.